The number of rotatable bonds is 4. The third-order valence-corrected chi connectivity index (χ3v) is 3.26. The van der Waals surface area contributed by atoms with Crippen molar-refractivity contribution in [1.82, 2.24) is 0 Å². The van der Waals surface area contributed by atoms with E-state index in [2.05, 4.69) is 0 Å². The molecular weight excluding hydrogens is 232 g/mol. The van der Waals surface area contributed by atoms with Gasteiger partial charge in [-0.05, 0) is 49.7 Å². The number of thiophene rings is 1. The normalized spacial score (nSPS) is 10.5. The zero-order chi connectivity index (χ0) is 12.3. The Morgan fingerprint density at radius 2 is 1.94 bits per heavy atom. The number of carbonyl (C=O) groups excluding carboxylic acids is 1. The van der Waals surface area contributed by atoms with Gasteiger partial charge in [-0.25, -0.2) is 0 Å². The first kappa shape index (κ1) is 11.9. The van der Waals surface area contributed by atoms with Crippen LogP contribution in [0.4, 0.5) is 0 Å². The Kier molecular flexibility index (Phi) is 3.59. The van der Waals surface area contributed by atoms with Gasteiger partial charge in [0.2, 0.25) is 0 Å². The van der Waals surface area contributed by atoms with Gasteiger partial charge in [0.05, 0.1) is 6.10 Å². The molecule has 0 saturated carbocycles. The summed E-state index contributed by atoms with van der Waals surface area (Å²) in [6, 6.07) is 9.83. The molecule has 2 nitrogen and oxygen atoms in total. The molecule has 88 valence electrons. The van der Waals surface area contributed by atoms with E-state index in [0.29, 0.717) is 0 Å². The minimum absolute atomic E-state index is 0.184. The van der Waals surface area contributed by atoms with Gasteiger partial charge in [0.1, 0.15) is 5.75 Å². The van der Waals surface area contributed by atoms with Crippen LogP contribution in [0.15, 0.2) is 35.7 Å². The Labute approximate surface area is 105 Å². The summed E-state index contributed by atoms with van der Waals surface area (Å²) in [5.41, 5.74) is 1.84. The van der Waals surface area contributed by atoms with Crippen molar-refractivity contribution < 1.29 is 9.53 Å². The standard InChI is InChI=1S/C14H14O2S/c1-10(2)16-13-5-3-12(4-6-13)14-7-11(8-15)9-17-14/h3-10H,1-2H3. The molecule has 0 saturated heterocycles. The highest BCUT2D eigenvalue weighted by molar-refractivity contribution is 7.13. The number of hydrogen-bond acceptors (Lipinski definition) is 3. The van der Waals surface area contributed by atoms with Gasteiger partial charge in [0.25, 0.3) is 0 Å². The summed E-state index contributed by atoms with van der Waals surface area (Å²) >= 11 is 1.57. The van der Waals surface area contributed by atoms with E-state index in [0.717, 1.165) is 28.0 Å². The van der Waals surface area contributed by atoms with Crippen LogP contribution in [0.2, 0.25) is 0 Å². The second-order valence-electron chi connectivity index (χ2n) is 4.05. The number of carbonyl (C=O) groups is 1. The Bertz CT molecular complexity index is 497. The summed E-state index contributed by atoms with van der Waals surface area (Å²) in [4.78, 5) is 11.7. The van der Waals surface area contributed by atoms with Crippen molar-refractivity contribution >= 4 is 17.6 Å². The molecule has 0 bridgehead atoms. The molecule has 0 unspecified atom stereocenters. The molecule has 1 aromatic carbocycles. The van der Waals surface area contributed by atoms with E-state index in [1.165, 1.54) is 0 Å². The Hall–Kier alpha value is -1.61. The highest BCUT2D eigenvalue weighted by Crippen LogP contribution is 2.28. The minimum Gasteiger partial charge on any atom is -0.491 e. The highest BCUT2D eigenvalue weighted by atomic mass is 32.1. The van der Waals surface area contributed by atoms with Crippen LogP contribution in [0.25, 0.3) is 10.4 Å². The maximum Gasteiger partial charge on any atom is 0.150 e. The monoisotopic (exact) mass is 246 g/mol. The highest BCUT2D eigenvalue weighted by Gasteiger charge is 2.03. The van der Waals surface area contributed by atoms with Crippen molar-refractivity contribution in [1.29, 1.82) is 0 Å². The van der Waals surface area contributed by atoms with E-state index in [1.807, 2.05) is 49.6 Å². The molecule has 1 heterocycles. The van der Waals surface area contributed by atoms with E-state index in [4.69, 9.17) is 4.74 Å². The fourth-order valence-electron chi connectivity index (χ4n) is 1.53. The van der Waals surface area contributed by atoms with E-state index in [1.54, 1.807) is 11.3 Å². The first-order valence-electron chi connectivity index (χ1n) is 5.50. The van der Waals surface area contributed by atoms with Gasteiger partial charge in [-0.15, -0.1) is 11.3 Å². The minimum atomic E-state index is 0.184. The Morgan fingerprint density at radius 1 is 1.24 bits per heavy atom. The largest absolute Gasteiger partial charge is 0.491 e. The van der Waals surface area contributed by atoms with Crippen molar-refractivity contribution in [2.75, 3.05) is 0 Å². The number of ether oxygens (including phenoxy) is 1. The van der Waals surface area contributed by atoms with Crippen LogP contribution in [-0.4, -0.2) is 12.4 Å². The fraction of sp³-hybridized carbons (Fsp3) is 0.214. The van der Waals surface area contributed by atoms with Crippen LogP contribution < -0.4 is 4.74 Å². The Morgan fingerprint density at radius 3 is 2.47 bits per heavy atom. The van der Waals surface area contributed by atoms with Crippen LogP contribution in [0, 0.1) is 0 Å². The van der Waals surface area contributed by atoms with E-state index >= 15 is 0 Å². The predicted octanol–water partition coefficient (Wildman–Crippen LogP) is 4.01. The molecule has 0 radical (unpaired) electrons. The van der Waals surface area contributed by atoms with Gasteiger partial charge in [-0.2, -0.15) is 0 Å². The van der Waals surface area contributed by atoms with Gasteiger partial charge in [0, 0.05) is 15.8 Å². The summed E-state index contributed by atoms with van der Waals surface area (Å²) < 4.78 is 5.58. The van der Waals surface area contributed by atoms with Gasteiger partial charge < -0.3 is 4.74 Å². The smallest absolute Gasteiger partial charge is 0.150 e. The summed E-state index contributed by atoms with van der Waals surface area (Å²) in [5.74, 6) is 0.871. The molecule has 2 rings (SSSR count). The van der Waals surface area contributed by atoms with Crippen molar-refractivity contribution in [2.24, 2.45) is 0 Å². The van der Waals surface area contributed by atoms with E-state index < -0.39 is 0 Å². The van der Waals surface area contributed by atoms with Gasteiger partial charge in [-0.1, -0.05) is 0 Å². The quantitative estimate of drug-likeness (QED) is 0.762. The molecular formula is C14H14O2S. The third-order valence-electron chi connectivity index (χ3n) is 2.27. The molecule has 17 heavy (non-hydrogen) atoms. The second kappa shape index (κ2) is 5.15. The summed E-state index contributed by atoms with van der Waals surface area (Å²) in [6.07, 6.45) is 1.06. The first-order chi connectivity index (χ1) is 8.19. The number of benzene rings is 1. The maximum atomic E-state index is 10.6. The van der Waals surface area contributed by atoms with Crippen molar-refractivity contribution in [3.63, 3.8) is 0 Å². The molecule has 0 spiro atoms. The second-order valence-corrected chi connectivity index (χ2v) is 4.96. The summed E-state index contributed by atoms with van der Waals surface area (Å²) in [6.45, 7) is 4.01. The van der Waals surface area contributed by atoms with E-state index in [-0.39, 0.29) is 6.10 Å². The zero-order valence-corrected chi connectivity index (χ0v) is 10.7. The topological polar surface area (TPSA) is 26.3 Å². The molecule has 0 fully saturated rings. The van der Waals surface area contributed by atoms with Crippen LogP contribution in [0.1, 0.15) is 24.2 Å². The van der Waals surface area contributed by atoms with Gasteiger partial charge in [0.15, 0.2) is 6.29 Å². The fourth-order valence-corrected chi connectivity index (χ4v) is 2.40. The van der Waals surface area contributed by atoms with Crippen molar-refractivity contribution in [3.05, 3.63) is 41.3 Å². The molecule has 0 N–H and O–H groups in total. The molecule has 0 amide bonds. The van der Waals surface area contributed by atoms with Crippen molar-refractivity contribution in [2.45, 2.75) is 20.0 Å². The number of aldehydes is 1. The average Bonchev–Trinajstić information content (AvgIpc) is 2.78. The van der Waals surface area contributed by atoms with Crippen LogP contribution >= 0.6 is 11.3 Å². The molecule has 2 aromatic rings. The molecule has 0 aliphatic rings. The maximum absolute atomic E-state index is 10.6. The van der Waals surface area contributed by atoms with Gasteiger partial charge >= 0.3 is 0 Å². The third kappa shape index (κ3) is 2.94. The molecule has 0 aliphatic carbocycles. The van der Waals surface area contributed by atoms with Crippen LogP contribution in [0.5, 0.6) is 5.75 Å². The average molecular weight is 246 g/mol. The van der Waals surface area contributed by atoms with E-state index in [9.17, 15) is 4.79 Å². The van der Waals surface area contributed by atoms with Crippen LogP contribution in [-0.2, 0) is 0 Å². The lowest BCUT2D eigenvalue weighted by Gasteiger charge is -2.09. The molecule has 0 atom stereocenters. The lowest BCUT2D eigenvalue weighted by Crippen LogP contribution is -2.04. The zero-order valence-electron chi connectivity index (χ0n) is 9.84. The predicted molar refractivity (Wildman–Crippen MR) is 70.9 cm³/mol. The Balaban J connectivity index is 2.19. The van der Waals surface area contributed by atoms with Crippen molar-refractivity contribution in [3.8, 4) is 16.2 Å². The molecule has 1 aromatic heterocycles. The summed E-state index contributed by atoms with van der Waals surface area (Å²) in [5, 5.41) is 1.86. The molecule has 0 aliphatic heterocycles. The number of hydrogen-bond donors (Lipinski definition) is 0. The summed E-state index contributed by atoms with van der Waals surface area (Å²) in [7, 11) is 0. The first-order valence-corrected chi connectivity index (χ1v) is 6.38. The van der Waals surface area contributed by atoms with Crippen LogP contribution in [0.3, 0.4) is 0 Å². The molecule has 3 heteroatoms. The lowest BCUT2D eigenvalue weighted by molar-refractivity contribution is 0.112. The van der Waals surface area contributed by atoms with Gasteiger partial charge in [-0.3, -0.25) is 4.79 Å². The lowest BCUT2D eigenvalue weighted by atomic mass is 10.1. The SMILES string of the molecule is CC(C)Oc1ccc(-c2cc(C=O)cs2)cc1.